The molecule has 0 bridgehead atoms. The van der Waals surface area contributed by atoms with Gasteiger partial charge in [-0.2, -0.15) is 5.48 Å². The van der Waals surface area contributed by atoms with E-state index in [1.807, 2.05) is 13.8 Å². The summed E-state index contributed by atoms with van der Waals surface area (Å²) in [4.78, 5) is 22.1. The Kier molecular flexibility index (Phi) is 3.79. The van der Waals surface area contributed by atoms with Crippen molar-refractivity contribution in [1.29, 1.82) is 0 Å². The zero-order valence-electron chi connectivity index (χ0n) is 8.63. The van der Waals surface area contributed by atoms with Crippen LogP contribution in [-0.2, 0) is 11.4 Å². The van der Waals surface area contributed by atoms with Crippen LogP contribution in [0.1, 0.15) is 31.0 Å². The highest BCUT2D eigenvalue weighted by molar-refractivity contribution is 5.18. The van der Waals surface area contributed by atoms with Crippen molar-refractivity contribution in [2.45, 2.75) is 26.3 Å². The quantitative estimate of drug-likeness (QED) is 0.691. The van der Waals surface area contributed by atoms with Crippen LogP contribution < -0.4 is 11.2 Å². The third-order valence-electron chi connectivity index (χ3n) is 1.91. The molecule has 0 saturated carbocycles. The van der Waals surface area contributed by atoms with Gasteiger partial charge in [-0.1, -0.05) is 13.8 Å². The van der Waals surface area contributed by atoms with E-state index < -0.39 is 0 Å². The van der Waals surface area contributed by atoms with Crippen molar-refractivity contribution in [3.63, 3.8) is 0 Å². The Morgan fingerprint density at radius 2 is 2.36 bits per heavy atom. The van der Waals surface area contributed by atoms with Crippen molar-refractivity contribution in [3.05, 3.63) is 27.9 Å². The Labute approximate surface area is 82.5 Å². The van der Waals surface area contributed by atoms with E-state index in [0.717, 1.165) is 11.3 Å². The van der Waals surface area contributed by atoms with Gasteiger partial charge in [0.05, 0.1) is 7.11 Å². The average Bonchev–Trinajstić information content (AvgIpc) is 2.15. The highest BCUT2D eigenvalue weighted by Crippen LogP contribution is 2.13. The number of H-pyrrole nitrogens is 1. The van der Waals surface area contributed by atoms with Crippen molar-refractivity contribution in [3.8, 4) is 0 Å². The predicted octanol–water partition coefficient (Wildman–Crippen LogP) is 0.544. The van der Waals surface area contributed by atoms with Gasteiger partial charge in [0.15, 0.2) is 0 Å². The largest absolute Gasteiger partial charge is 0.345 e. The molecule has 0 aliphatic heterocycles. The van der Waals surface area contributed by atoms with Crippen LogP contribution in [0.2, 0.25) is 0 Å². The fraction of sp³-hybridized carbons (Fsp3) is 0.556. The third kappa shape index (κ3) is 2.65. The molecule has 5 heteroatoms. The molecule has 1 rings (SSSR count). The predicted molar refractivity (Wildman–Crippen MR) is 52.8 cm³/mol. The molecule has 2 N–H and O–H groups in total. The van der Waals surface area contributed by atoms with E-state index in [1.165, 1.54) is 0 Å². The van der Waals surface area contributed by atoms with Crippen LogP contribution in [0.4, 0.5) is 0 Å². The summed E-state index contributed by atoms with van der Waals surface area (Å²) in [6, 6.07) is 0. The Morgan fingerprint density at radius 1 is 1.64 bits per heavy atom. The molecule has 0 unspecified atom stereocenters. The van der Waals surface area contributed by atoms with E-state index in [4.69, 9.17) is 4.84 Å². The summed E-state index contributed by atoms with van der Waals surface area (Å²) >= 11 is 0. The Bertz CT molecular complexity index is 346. The number of aromatic nitrogens is 2. The van der Waals surface area contributed by atoms with Crippen LogP contribution >= 0.6 is 0 Å². The molecule has 0 aliphatic rings. The molecule has 0 aliphatic carbocycles. The summed E-state index contributed by atoms with van der Waals surface area (Å²) in [5.41, 5.74) is 4.25. The highest BCUT2D eigenvalue weighted by atomic mass is 16.6. The second-order valence-electron chi connectivity index (χ2n) is 3.31. The fourth-order valence-corrected chi connectivity index (χ4v) is 1.24. The second kappa shape index (κ2) is 4.88. The molecule has 14 heavy (non-hydrogen) atoms. The zero-order valence-corrected chi connectivity index (χ0v) is 8.63. The molecule has 0 saturated heterocycles. The van der Waals surface area contributed by atoms with Crippen molar-refractivity contribution in [1.82, 2.24) is 15.4 Å². The molecular weight excluding hydrogens is 182 g/mol. The minimum absolute atomic E-state index is 0.263. The summed E-state index contributed by atoms with van der Waals surface area (Å²) in [7, 11) is 1.55. The molecule has 1 aromatic rings. The molecular formula is C9H15N3O2. The van der Waals surface area contributed by atoms with Crippen LogP contribution in [0, 0.1) is 0 Å². The maximum Gasteiger partial charge on any atom is 0.345 e. The van der Waals surface area contributed by atoms with Gasteiger partial charge in [0.1, 0.15) is 0 Å². The topological polar surface area (TPSA) is 67.0 Å². The van der Waals surface area contributed by atoms with Crippen LogP contribution in [-0.4, -0.2) is 17.1 Å². The number of hydrogen-bond acceptors (Lipinski definition) is 4. The monoisotopic (exact) mass is 197 g/mol. The molecule has 0 amide bonds. The molecule has 0 spiro atoms. The first kappa shape index (κ1) is 10.9. The summed E-state index contributed by atoms with van der Waals surface area (Å²) in [5, 5.41) is 0. The summed E-state index contributed by atoms with van der Waals surface area (Å²) in [6.07, 6.45) is 1.57. The molecule has 0 atom stereocenters. The number of hydrogen-bond donors (Lipinski definition) is 2. The van der Waals surface area contributed by atoms with Crippen molar-refractivity contribution in [2.24, 2.45) is 0 Å². The maximum atomic E-state index is 11.0. The lowest BCUT2D eigenvalue weighted by Crippen LogP contribution is -2.19. The number of rotatable bonds is 4. The zero-order chi connectivity index (χ0) is 10.6. The summed E-state index contributed by atoms with van der Waals surface area (Å²) < 4.78 is 0. The van der Waals surface area contributed by atoms with Crippen molar-refractivity contribution < 1.29 is 4.84 Å². The van der Waals surface area contributed by atoms with Crippen LogP contribution in [0.5, 0.6) is 0 Å². The van der Waals surface area contributed by atoms with Crippen LogP contribution in [0.15, 0.2) is 11.0 Å². The van der Waals surface area contributed by atoms with Gasteiger partial charge >= 0.3 is 5.69 Å². The van der Waals surface area contributed by atoms with Crippen molar-refractivity contribution >= 4 is 0 Å². The first-order valence-electron chi connectivity index (χ1n) is 4.49. The number of hydroxylamine groups is 1. The van der Waals surface area contributed by atoms with Gasteiger partial charge in [0.2, 0.25) is 0 Å². The lowest BCUT2D eigenvalue weighted by atomic mass is 10.1. The fourth-order valence-electron chi connectivity index (χ4n) is 1.24. The van der Waals surface area contributed by atoms with E-state index in [-0.39, 0.29) is 11.6 Å². The third-order valence-corrected chi connectivity index (χ3v) is 1.91. The lowest BCUT2D eigenvalue weighted by molar-refractivity contribution is 0.0863. The number of aromatic amines is 1. The molecule has 1 aromatic heterocycles. The van der Waals surface area contributed by atoms with E-state index in [9.17, 15) is 4.79 Å². The van der Waals surface area contributed by atoms with Gasteiger partial charge in [-0.25, -0.2) is 9.78 Å². The molecule has 0 aromatic carbocycles. The molecule has 78 valence electrons. The number of nitrogens with one attached hydrogen (secondary N) is 2. The van der Waals surface area contributed by atoms with Gasteiger partial charge in [0.25, 0.3) is 0 Å². The maximum absolute atomic E-state index is 11.0. The van der Waals surface area contributed by atoms with Crippen molar-refractivity contribution in [2.75, 3.05) is 7.11 Å². The van der Waals surface area contributed by atoms with E-state index in [2.05, 4.69) is 15.4 Å². The van der Waals surface area contributed by atoms with E-state index >= 15 is 0 Å². The number of nitrogens with zero attached hydrogens (tertiary/aromatic N) is 1. The van der Waals surface area contributed by atoms with Crippen LogP contribution in [0.3, 0.4) is 0 Å². The minimum atomic E-state index is -0.310. The molecule has 5 nitrogen and oxygen atoms in total. The van der Waals surface area contributed by atoms with Gasteiger partial charge in [0, 0.05) is 24.0 Å². The van der Waals surface area contributed by atoms with Gasteiger partial charge in [-0.15, -0.1) is 0 Å². The van der Waals surface area contributed by atoms with E-state index in [0.29, 0.717) is 6.54 Å². The van der Waals surface area contributed by atoms with E-state index in [1.54, 1.807) is 13.3 Å². The standard InChI is InChI=1S/C9H15N3O2/c1-6(2)8-7(5-11-14-3)4-10-9(13)12-8/h4,6,11H,5H2,1-3H3,(H,10,12,13). The van der Waals surface area contributed by atoms with Crippen LogP contribution in [0.25, 0.3) is 0 Å². The minimum Gasteiger partial charge on any atom is -0.309 e. The Hall–Kier alpha value is -1.20. The van der Waals surface area contributed by atoms with Gasteiger partial charge < -0.3 is 9.82 Å². The molecule has 0 fully saturated rings. The molecule has 0 radical (unpaired) electrons. The first-order chi connectivity index (χ1) is 6.65. The summed E-state index contributed by atoms with van der Waals surface area (Å²) in [5.74, 6) is 0.263. The summed E-state index contributed by atoms with van der Waals surface area (Å²) in [6.45, 7) is 4.57. The van der Waals surface area contributed by atoms with Gasteiger partial charge in [-0.3, -0.25) is 0 Å². The lowest BCUT2D eigenvalue weighted by Gasteiger charge is -2.11. The smallest absolute Gasteiger partial charge is 0.309 e. The SMILES string of the molecule is CONCc1cnc(=O)[nH]c1C(C)C. The first-order valence-corrected chi connectivity index (χ1v) is 4.49. The normalized spacial score (nSPS) is 10.9. The second-order valence-corrected chi connectivity index (χ2v) is 3.31. The Balaban J connectivity index is 2.96. The average molecular weight is 197 g/mol. The highest BCUT2D eigenvalue weighted by Gasteiger charge is 2.07. The Morgan fingerprint density at radius 3 is 2.93 bits per heavy atom. The molecule has 1 heterocycles. The van der Waals surface area contributed by atoms with Gasteiger partial charge in [-0.05, 0) is 5.92 Å².